The van der Waals surface area contributed by atoms with Crippen molar-refractivity contribution in [2.24, 2.45) is 0 Å². The average molecular weight is 148 g/mol. The maximum atomic E-state index is 5.02. The lowest BCUT2D eigenvalue weighted by Crippen LogP contribution is -2.24. The minimum Gasteiger partial charge on any atom is -0.304 e. The van der Waals surface area contributed by atoms with Crippen LogP contribution in [0.25, 0.3) is 0 Å². The molecule has 1 nitrogen and oxygen atoms in total. The molecule has 0 amide bonds. The van der Waals surface area contributed by atoms with Crippen molar-refractivity contribution in [1.29, 1.82) is 0 Å². The lowest BCUT2D eigenvalue weighted by atomic mass is 10.3. The number of nitrogens with one attached hydrogen (secondary N) is 1. The molecule has 0 aliphatic heterocycles. The zero-order chi connectivity index (χ0) is 6.41. The van der Waals surface area contributed by atoms with E-state index in [1.807, 2.05) is 0 Å². The Morgan fingerprint density at radius 3 is 2.56 bits per heavy atom. The summed E-state index contributed by atoms with van der Waals surface area (Å²) in [6, 6.07) is 0.561. The van der Waals surface area contributed by atoms with Gasteiger partial charge in [-0.15, -0.1) is 18.8 Å². The third-order valence-corrected chi connectivity index (χ3v) is 1.16. The first-order valence-corrected chi connectivity index (χ1v) is 2.98. The lowest BCUT2D eigenvalue weighted by Gasteiger charge is -2.06. The average Bonchev–Trinajstić information content (AvgIpc) is 1.83. The van der Waals surface area contributed by atoms with Crippen LogP contribution in [0.15, 0.2) is 0 Å². The molecule has 2 heteroatoms. The van der Waals surface area contributed by atoms with E-state index in [-0.39, 0.29) is 12.4 Å². The van der Waals surface area contributed by atoms with Crippen LogP contribution in [0.5, 0.6) is 0 Å². The van der Waals surface area contributed by atoms with Crippen LogP contribution < -0.4 is 5.32 Å². The first-order valence-electron chi connectivity index (χ1n) is 2.98. The van der Waals surface area contributed by atoms with Crippen molar-refractivity contribution < 1.29 is 0 Å². The molecule has 0 rings (SSSR count). The Hall–Kier alpha value is -0.190. The molecular weight excluding hydrogens is 134 g/mol. The Bertz CT molecular complexity index is 85.4. The van der Waals surface area contributed by atoms with Gasteiger partial charge in [-0.3, -0.25) is 0 Å². The van der Waals surface area contributed by atoms with Crippen LogP contribution in [-0.4, -0.2) is 12.6 Å². The molecule has 0 fully saturated rings. The van der Waals surface area contributed by atoms with Gasteiger partial charge in [-0.2, -0.15) is 0 Å². The molecule has 1 atom stereocenters. The van der Waals surface area contributed by atoms with E-state index in [1.165, 1.54) is 0 Å². The molecule has 1 unspecified atom stereocenters. The molecule has 0 aliphatic rings. The number of rotatable bonds is 3. The zero-order valence-corrected chi connectivity index (χ0v) is 6.79. The van der Waals surface area contributed by atoms with Gasteiger partial charge in [0.2, 0.25) is 0 Å². The smallest absolute Gasteiger partial charge is 0.0575 e. The molecule has 0 aromatic rings. The van der Waals surface area contributed by atoms with Gasteiger partial charge in [0.05, 0.1) is 6.54 Å². The van der Waals surface area contributed by atoms with E-state index >= 15 is 0 Å². The fourth-order valence-corrected chi connectivity index (χ4v) is 0.377. The fourth-order valence-electron chi connectivity index (χ4n) is 0.377. The summed E-state index contributed by atoms with van der Waals surface area (Å²) in [4.78, 5) is 0. The van der Waals surface area contributed by atoms with Crippen molar-refractivity contribution in [3.8, 4) is 12.3 Å². The molecule has 54 valence electrons. The largest absolute Gasteiger partial charge is 0.304 e. The van der Waals surface area contributed by atoms with E-state index in [1.54, 1.807) is 0 Å². The first-order chi connectivity index (χ1) is 3.81. The van der Waals surface area contributed by atoms with Crippen LogP contribution in [-0.2, 0) is 0 Å². The highest BCUT2D eigenvalue weighted by molar-refractivity contribution is 5.85. The highest BCUT2D eigenvalue weighted by atomic mass is 35.5. The molecular formula is C7H14ClN. The fraction of sp³-hybridized carbons (Fsp3) is 0.714. The minimum atomic E-state index is 0. The monoisotopic (exact) mass is 147 g/mol. The molecule has 0 aromatic heterocycles. The Morgan fingerprint density at radius 1 is 1.67 bits per heavy atom. The summed E-state index contributed by atoms with van der Waals surface area (Å²) in [5, 5.41) is 3.15. The van der Waals surface area contributed by atoms with Gasteiger partial charge < -0.3 is 5.32 Å². The van der Waals surface area contributed by atoms with Crippen LogP contribution in [0, 0.1) is 12.3 Å². The lowest BCUT2D eigenvalue weighted by molar-refractivity contribution is 0.572. The zero-order valence-electron chi connectivity index (χ0n) is 5.98. The highest BCUT2D eigenvalue weighted by Gasteiger charge is 1.91. The third kappa shape index (κ3) is 7.81. The second-order valence-electron chi connectivity index (χ2n) is 1.89. The summed E-state index contributed by atoms with van der Waals surface area (Å²) < 4.78 is 0. The SMILES string of the molecule is C#CCNC(C)CC.Cl. The molecule has 1 N–H and O–H groups in total. The van der Waals surface area contributed by atoms with Gasteiger partial charge >= 0.3 is 0 Å². The second-order valence-corrected chi connectivity index (χ2v) is 1.89. The van der Waals surface area contributed by atoms with Crippen LogP contribution in [0.3, 0.4) is 0 Å². The maximum Gasteiger partial charge on any atom is 0.0575 e. The van der Waals surface area contributed by atoms with E-state index in [0.29, 0.717) is 12.6 Å². The Balaban J connectivity index is 0. The van der Waals surface area contributed by atoms with Gasteiger partial charge in [0, 0.05) is 6.04 Å². The molecule has 0 saturated heterocycles. The normalized spacial score (nSPS) is 11.2. The van der Waals surface area contributed by atoms with Crippen molar-refractivity contribution in [2.45, 2.75) is 26.3 Å². The Kier molecular flexibility index (Phi) is 10.1. The van der Waals surface area contributed by atoms with Gasteiger partial charge in [-0.05, 0) is 13.3 Å². The summed E-state index contributed by atoms with van der Waals surface area (Å²) in [6.45, 7) is 4.94. The quantitative estimate of drug-likeness (QED) is 0.596. The molecule has 9 heavy (non-hydrogen) atoms. The number of halogens is 1. The van der Waals surface area contributed by atoms with Crippen molar-refractivity contribution >= 4 is 12.4 Å². The van der Waals surface area contributed by atoms with Gasteiger partial charge in [0.15, 0.2) is 0 Å². The third-order valence-electron chi connectivity index (χ3n) is 1.16. The van der Waals surface area contributed by atoms with Crippen LogP contribution in [0.4, 0.5) is 0 Å². The second kappa shape index (κ2) is 7.81. The molecule has 0 heterocycles. The Morgan fingerprint density at radius 2 is 2.22 bits per heavy atom. The summed E-state index contributed by atoms with van der Waals surface area (Å²) in [5.74, 6) is 2.52. The number of hydrogen-bond donors (Lipinski definition) is 1. The molecule has 0 bridgehead atoms. The summed E-state index contributed by atoms with van der Waals surface area (Å²) in [7, 11) is 0. The first kappa shape index (κ1) is 11.6. The molecule has 0 radical (unpaired) electrons. The van der Waals surface area contributed by atoms with Crippen molar-refractivity contribution in [3.63, 3.8) is 0 Å². The number of hydrogen-bond acceptors (Lipinski definition) is 1. The van der Waals surface area contributed by atoms with Crippen LogP contribution in [0.1, 0.15) is 20.3 Å². The van der Waals surface area contributed by atoms with Crippen molar-refractivity contribution in [2.75, 3.05) is 6.54 Å². The standard InChI is InChI=1S/C7H13N.ClH/c1-4-6-8-7(3)5-2;/h1,7-8H,5-6H2,2-3H3;1H. The maximum absolute atomic E-state index is 5.02. The van der Waals surface area contributed by atoms with Crippen molar-refractivity contribution in [1.82, 2.24) is 5.32 Å². The molecule has 0 saturated carbocycles. The molecule has 0 aromatic carbocycles. The van der Waals surface area contributed by atoms with E-state index in [9.17, 15) is 0 Å². The van der Waals surface area contributed by atoms with E-state index in [4.69, 9.17) is 6.42 Å². The Labute approximate surface area is 63.6 Å². The summed E-state index contributed by atoms with van der Waals surface area (Å²) >= 11 is 0. The van der Waals surface area contributed by atoms with Gasteiger partial charge in [-0.25, -0.2) is 0 Å². The van der Waals surface area contributed by atoms with Gasteiger partial charge in [-0.1, -0.05) is 12.8 Å². The van der Waals surface area contributed by atoms with Gasteiger partial charge in [0.1, 0.15) is 0 Å². The summed E-state index contributed by atoms with van der Waals surface area (Å²) in [5.41, 5.74) is 0. The van der Waals surface area contributed by atoms with E-state index in [0.717, 1.165) is 6.42 Å². The predicted octanol–water partition coefficient (Wildman–Crippen LogP) is 1.43. The van der Waals surface area contributed by atoms with Crippen molar-refractivity contribution in [3.05, 3.63) is 0 Å². The van der Waals surface area contributed by atoms with Gasteiger partial charge in [0.25, 0.3) is 0 Å². The van der Waals surface area contributed by atoms with E-state index < -0.39 is 0 Å². The molecule has 0 spiro atoms. The number of terminal acetylenes is 1. The predicted molar refractivity (Wildman–Crippen MR) is 43.8 cm³/mol. The highest BCUT2D eigenvalue weighted by Crippen LogP contribution is 1.84. The minimum absolute atomic E-state index is 0. The van der Waals surface area contributed by atoms with E-state index in [2.05, 4.69) is 25.1 Å². The van der Waals surface area contributed by atoms with Crippen LogP contribution in [0.2, 0.25) is 0 Å². The summed E-state index contributed by atoms with van der Waals surface area (Å²) in [6.07, 6.45) is 6.16. The van der Waals surface area contributed by atoms with Crippen LogP contribution >= 0.6 is 12.4 Å². The molecule has 0 aliphatic carbocycles. The topological polar surface area (TPSA) is 12.0 Å².